The first-order valence-electron chi connectivity index (χ1n) is 9.02. The van der Waals surface area contributed by atoms with Crippen LogP contribution < -0.4 is 5.32 Å². The summed E-state index contributed by atoms with van der Waals surface area (Å²) < 4.78 is 1.000. The van der Waals surface area contributed by atoms with E-state index in [0.717, 1.165) is 21.5 Å². The Bertz CT molecular complexity index is 883. The molecule has 1 amide bonds. The van der Waals surface area contributed by atoms with Gasteiger partial charge in [0.1, 0.15) is 4.34 Å². The molecule has 0 aliphatic heterocycles. The fourth-order valence-corrected chi connectivity index (χ4v) is 4.39. The molecule has 3 rings (SSSR count). The van der Waals surface area contributed by atoms with Gasteiger partial charge in [0, 0.05) is 16.8 Å². The number of hydrogen-bond donors (Lipinski definition) is 1. The highest BCUT2D eigenvalue weighted by Gasteiger charge is 2.09. The summed E-state index contributed by atoms with van der Waals surface area (Å²) in [5.41, 5.74) is 5.47. The normalized spacial score (nSPS) is 11.0. The van der Waals surface area contributed by atoms with Crippen LogP contribution in [0.4, 0.5) is 5.69 Å². The molecule has 3 nitrogen and oxygen atoms in total. The van der Waals surface area contributed by atoms with Crippen molar-refractivity contribution in [2.75, 3.05) is 5.32 Å². The topological polar surface area (TPSA) is 42.0 Å². The van der Waals surface area contributed by atoms with Crippen molar-refractivity contribution in [2.24, 2.45) is 0 Å². The predicted molar refractivity (Wildman–Crippen MR) is 116 cm³/mol. The molecule has 3 aromatic rings. The maximum atomic E-state index is 12.3. The van der Waals surface area contributed by atoms with Gasteiger partial charge in [-0.3, -0.25) is 4.79 Å². The maximum Gasteiger partial charge on any atom is 0.230 e. The van der Waals surface area contributed by atoms with Crippen LogP contribution >= 0.6 is 23.1 Å². The first-order chi connectivity index (χ1) is 13.0. The number of carbonyl (C=O) groups is 1. The average molecular weight is 397 g/mol. The van der Waals surface area contributed by atoms with Crippen molar-refractivity contribution >= 4 is 34.7 Å². The van der Waals surface area contributed by atoms with Crippen LogP contribution in [0.3, 0.4) is 0 Å². The fourth-order valence-electron chi connectivity index (χ4n) is 2.59. The van der Waals surface area contributed by atoms with Crippen molar-refractivity contribution in [1.29, 1.82) is 0 Å². The van der Waals surface area contributed by atoms with Crippen LogP contribution in [0.25, 0.3) is 0 Å². The Hall–Kier alpha value is -2.11. The quantitative estimate of drug-likeness (QED) is 0.494. The van der Waals surface area contributed by atoms with Gasteiger partial charge < -0.3 is 5.32 Å². The first-order valence-corrected chi connectivity index (χ1v) is 10.9. The van der Waals surface area contributed by atoms with Crippen molar-refractivity contribution in [3.05, 3.63) is 76.3 Å². The molecule has 0 atom stereocenters. The van der Waals surface area contributed by atoms with Crippen LogP contribution in [0.5, 0.6) is 0 Å². The van der Waals surface area contributed by atoms with Gasteiger partial charge in [-0.1, -0.05) is 67.6 Å². The fraction of sp³-hybridized carbons (Fsp3) is 0.273. The zero-order chi connectivity index (χ0) is 19.2. The second-order valence-corrected chi connectivity index (χ2v) is 8.96. The highest BCUT2D eigenvalue weighted by Crippen LogP contribution is 2.26. The maximum absolute atomic E-state index is 12.3. The number of nitrogens with zero attached hydrogens (tertiary/aromatic N) is 1. The van der Waals surface area contributed by atoms with Gasteiger partial charge in [0.2, 0.25) is 5.91 Å². The Morgan fingerprint density at radius 2 is 1.81 bits per heavy atom. The number of aryl methyl sites for hydroxylation is 1. The number of thiazole rings is 1. The average Bonchev–Trinajstić information content (AvgIpc) is 3.09. The van der Waals surface area contributed by atoms with Gasteiger partial charge >= 0.3 is 0 Å². The smallest absolute Gasteiger partial charge is 0.230 e. The lowest BCUT2D eigenvalue weighted by atomic mass is 10.0. The molecule has 140 valence electrons. The number of nitrogens with one attached hydrogen (secondary N) is 1. The Balaban J connectivity index is 1.50. The molecular weight excluding hydrogens is 372 g/mol. The number of hydrogen-bond acceptors (Lipinski definition) is 4. The van der Waals surface area contributed by atoms with Crippen LogP contribution in [0.2, 0.25) is 0 Å². The van der Waals surface area contributed by atoms with E-state index < -0.39 is 0 Å². The summed E-state index contributed by atoms with van der Waals surface area (Å²) in [5, 5.41) is 4.92. The monoisotopic (exact) mass is 396 g/mol. The standard InChI is InChI=1S/C22H24N2OS2/c1-15(2)18-8-10-19(11-9-18)23-21(25)12-20-14-27-22(24-20)26-13-17-6-4-16(3)5-7-17/h4-11,14-15H,12-13H2,1-3H3,(H,23,25). The third kappa shape index (κ3) is 5.94. The highest BCUT2D eigenvalue weighted by atomic mass is 32.2. The summed E-state index contributed by atoms with van der Waals surface area (Å²) in [6.45, 7) is 6.41. The number of anilines is 1. The van der Waals surface area contributed by atoms with Gasteiger partial charge in [-0.15, -0.1) is 11.3 Å². The Morgan fingerprint density at radius 1 is 1.11 bits per heavy atom. The molecule has 0 radical (unpaired) electrons. The molecule has 27 heavy (non-hydrogen) atoms. The molecule has 5 heteroatoms. The van der Waals surface area contributed by atoms with Crippen LogP contribution in [0.1, 0.15) is 42.1 Å². The molecule has 0 spiro atoms. The third-order valence-electron chi connectivity index (χ3n) is 4.22. The highest BCUT2D eigenvalue weighted by molar-refractivity contribution is 8.00. The van der Waals surface area contributed by atoms with Crippen LogP contribution in [-0.2, 0) is 17.0 Å². The molecular formula is C22H24N2OS2. The molecule has 0 bridgehead atoms. The molecule has 2 aromatic carbocycles. The van der Waals surface area contributed by atoms with E-state index in [9.17, 15) is 4.79 Å². The van der Waals surface area contributed by atoms with E-state index in [1.54, 1.807) is 23.1 Å². The largest absolute Gasteiger partial charge is 0.326 e. The Morgan fingerprint density at radius 3 is 2.48 bits per heavy atom. The summed E-state index contributed by atoms with van der Waals surface area (Å²) in [5.74, 6) is 1.34. The van der Waals surface area contributed by atoms with E-state index in [2.05, 4.69) is 67.5 Å². The number of carbonyl (C=O) groups excluding carboxylic acids is 1. The Labute approximate surface area is 169 Å². The summed E-state index contributed by atoms with van der Waals surface area (Å²) in [4.78, 5) is 16.9. The van der Waals surface area contributed by atoms with Crippen molar-refractivity contribution in [3.8, 4) is 0 Å². The lowest BCUT2D eigenvalue weighted by molar-refractivity contribution is -0.115. The van der Waals surface area contributed by atoms with E-state index in [0.29, 0.717) is 12.3 Å². The molecule has 1 heterocycles. The van der Waals surface area contributed by atoms with Crippen molar-refractivity contribution in [1.82, 2.24) is 4.98 Å². The van der Waals surface area contributed by atoms with E-state index in [1.807, 2.05) is 17.5 Å². The summed E-state index contributed by atoms with van der Waals surface area (Å²) in [6.07, 6.45) is 0.299. The van der Waals surface area contributed by atoms with E-state index in [-0.39, 0.29) is 5.91 Å². The lowest BCUT2D eigenvalue weighted by Crippen LogP contribution is -2.14. The van der Waals surface area contributed by atoms with Gasteiger partial charge in [0.05, 0.1) is 12.1 Å². The second-order valence-electron chi connectivity index (χ2n) is 6.88. The van der Waals surface area contributed by atoms with Gasteiger partial charge in [-0.05, 0) is 36.1 Å². The zero-order valence-electron chi connectivity index (χ0n) is 15.9. The van der Waals surface area contributed by atoms with E-state index in [4.69, 9.17) is 0 Å². The predicted octanol–water partition coefficient (Wildman–Crippen LogP) is 6.05. The van der Waals surface area contributed by atoms with Crippen molar-refractivity contribution < 1.29 is 4.79 Å². The zero-order valence-corrected chi connectivity index (χ0v) is 17.5. The lowest BCUT2D eigenvalue weighted by Gasteiger charge is -2.08. The minimum Gasteiger partial charge on any atom is -0.326 e. The third-order valence-corrected chi connectivity index (χ3v) is 6.36. The van der Waals surface area contributed by atoms with Crippen LogP contribution in [-0.4, -0.2) is 10.9 Å². The second kappa shape index (κ2) is 9.20. The molecule has 0 saturated carbocycles. The minimum absolute atomic E-state index is 0.0346. The molecule has 0 aliphatic rings. The number of aromatic nitrogens is 1. The van der Waals surface area contributed by atoms with Crippen molar-refractivity contribution in [3.63, 3.8) is 0 Å². The number of amides is 1. The van der Waals surface area contributed by atoms with E-state index in [1.165, 1.54) is 16.7 Å². The molecule has 0 fully saturated rings. The first kappa shape index (κ1) is 19.6. The summed E-state index contributed by atoms with van der Waals surface area (Å²) >= 11 is 3.31. The number of benzene rings is 2. The molecule has 0 saturated heterocycles. The van der Waals surface area contributed by atoms with Gasteiger partial charge in [0.15, 0.2) is 0 Å². The SMILES string of the molecule is Cc1ccc(CSc2nc(CC(=O)Nc3ccc(C(C)C)cc3)cs2)cc1. The van der Waals surface area contributed by atoms with Gasteiger partial charge in [-0.2, -0.15) is 0 Å². The minimum atomic E-state index is -0.0346. The molecule has 0 unspecified atom stereocenters. The van der Waals surface area contributed by atoms with Crippen molar-refractivity contribution in [2.45, 2.75) is 43.2 Å². The van der Waals surface area contributed by atoms with Crippen LogP contribution in [0.15, 0.2) is 58.3 Å². The molecule has 1 aromatic heterocycles. The number of thioether (sulfide) groups is 1. The van der Waals surface area contributed by atoms with E-state index >= 15 is 0 Å². The van der Waals surface area contributed by atoms with Gasteiger partial charge in [-0.25, -0.2) is 4.98 Å². The van der Waals surface area contributed by atoms with Crippen LogP contribution in [0, 0.1) is 6.92 Å². The Kier molecular flexibility index (Phi) is 6.69. The summed E-state index contributed by atoms with van der Waals surface area (Å²) in [6, 6.07) is 16.6. The molecule has 1 N–H and O–H groups in total. The summed E-state index contributed by atoms with van der Waals surface area (Å²) in [7, 11) is 0. The number of rotatable bonds is 7. The molecule has 0 aliphatic carbocycles. The van der Waals surface area contributed by atoms with Gasteiger partial charge in [0.25, 0.3) is 0 Å².